The van der Waals surface area contributed by atoms with Gasteiger partial charge in [-0.2, -0.15) is 0 Å². The van der Waals surface area contributed by atoms with E-state index in [4.69, 9.17) is 4.74 Å². The molecule has 0 aromatic heterocycles. The van der Waals surface area contributed by atoms with Crippen LogP contribution in [0.2, 0.25) is 0 Å². The third-order valence-electron chi connectivity index (χ3n) is 3.01. The SMILES string of the molecule is CCC(C)(C)NC(=O)COc1ccc(C)cc1C=O. The predicted molar refractivity (Wildman–Crippen MR) is 74.6 cm³/mol. The van der Waals surface area contributed by atoms with Crippen molar-refractivity contribution in [2.75, 3.05) is 6.61 Å². The minimum absolute atomic E-state index is 0.0899. The summed E-state index contributed by atoms with van der Waals surface area (Å²) in [5.74, 6) is 0.245. The van der Waals surface area contributed by atoms with Crippen molar-refractivity contribution in [2.24, 2.45) is 0 Å². The molecule has 1 amide bonds. The first-order chi connectivity index (χ1) is 8.88. The summed E-state index contributed by atoms with van der Waals surface area (Å²) in [5.41, 5.74) is 1.19. The Morgan fingerprint density at radius 3 is 2.68 bits per heavy atom. The molecule has 4 heteroatoms. The number of ether oxygens (including phenoxy) is 1. The largest absolute Gasteiger partial charge is 0.483 e. The average molecular weight is 263 g/mol. The first-order valence-corrected chi connectivity index (χ1v) is 6.37. The standard InChI is InChI=1S/C15H21NO3/c1-5-15(3,4)16-14(18)10-19-13-7-6-11(2)8-12(13)9-17/h6-9H,5,10H2,1-4H3,(H,16,18). The van der Waals surface area contributed by atoms with Crippen LogP contribution in [-0.2, 0) is 4.79 Å². The summed E-state index contributed by atoms with van der Waals surface area (Å²) in [4.78, 5) is 22.7. The molecule has 104 valence electrons. The number of hydrogen-bond acceptors (Lipinski definition) is 3. The van der Waals surface area contributed by atoms with Crippen molar-refractivity contribution in [3.05, 3.63) is 29.3 Å². The summed E-state index contributed by atoms with van der Waals surface area (Å²) < 4.78 is 5.39. The first-order valence-electron chi connectivity index (χ1n) is 6.37. The van der Waals surface area contributed by atoms with Crippen LogP contribution >= 0.6 is 0 Å². The Morgan fingerprint density at radius 2 is 2.11 bits per heavy atom. The van der Waals surface area contributed by atoms with E-state index in [1.54, 1.807) is 12.1 Å². The Hall–Kier alpha value is -1.84. The van der Waals surface area contributed by atoms with E-state index in [0.29, 0.717) is 11.3 Å². The van der Waals surface area contributed by atoms with Crippen LogP contribution in [0.1, 0.15) is 43.1 Å². The summed E-state index contributed by atoms with van der Waals surface area (Å²) in [7, 11) is 0. The molecule has 1 aromatic rings. The van der Waals surface area contributed by atoms with Crippen LogP contribution < -0.4 is 10.1 Å². The molecule has 0 saturated heterocycles. The zero-order valence-electron chi connectivity index (χ0n) is 11.9. The molecule has 0 heterocycles. The topological polar surface area (TPSA) is 55.4 Å². The van der Waals surface area contributed by atoms with Gasteiger partial charge in [-0.15, -0.1) is 0 Å². The second-order valence-electron chi connectivity index (χ2n) is 5.23. The van der Waals surface area contributed by atoms with Gasteiger partial charge in [0, 0.05) is 5.54 Å². The molecule has 4 nitrogen and oxygen atoms in total. The third kappa shape index (κ3) is 4.73. The predicted octanol–water partition coefficient (Wildman–Crippen LogP) is 2.49. The van der Waals surface area contributed by atoms with Gasteiger partial charge in [0.1, 0.15) is 5.75 Å². The van der Waals surface area contributed by atoms with Crippen molar-refractivity contribution in [2.45, 2.75) is 39.7 Å². The summed E-state index contributed by atoms with van der Waals surface area (Å²) in [6, 6.07) is 5.28. The van der Waals surface area contributed by atoms with Gasteiger partial charge in [0.15, 0.2) is 12.9 Å². The van der Waals surface area contributed by atoms with Gasteiger partial charge in [0.05, 0.1) is 5.56 Å². The molecule has 0 unspecified atom stereocenters. The molecule has 1 aromatic carbocycles. The molecular formula is C15H21NO3. The zero-order chi connectivity index (χ0) is 14.5. The van der Waals surface area contributed by atoms with E-state index < -0.39 is 0 Å². The maximum atomic E-state index is 11.7. The lowest BCUT2D eigenvalue weighted by Crippen LogP contribution is -2.44. The molecule has 0 spiro atoms. The zero-order valence-corrected chi connectivity index (χ0v) is 11.9. The Kier molecular flexibility index (Phi) is 5.10. The summed E-state index contributed by atoms with van der Waals surface area (Å²) in [5, 5.41) is 2.87. The van der Waals surface area contributed by atoms with E-state index >= 15 is 0 Å². The van der Waals surface area contributed by atoms with Crippen LogP contribution in [0.5, 0.6) is 5.75 Å². The monoisotopic (exact) mass is 263 g/mol. The summed E-state index contributed by atoms with van der Waals surface area (Å²) in [6.45, 7) is 7.72. The van der Waals surface area contributed by atoms with E-state index in [0.717, 1.165) is 18.3 Å². The Labute approximate surface area is 114 Å². The Balaban J connectivity index is 2.62. The van der Waals surface area contributed by atoms with E-state index in [9.17, 15) is 9.59 Å². The van der Waals surface area contributed by atoms with Gasteiger partial charge < -0.3 is 10.1 Å². The molecule has 0 radical (unpaired) electrons. The number of carbonyl (C=O) groups excluding carboxylic acids is 2. The van der Waals surface area contributed by atoms with Gasteiger partial charge in [-0.25, -0.2) is 0 Å². The molecule has 19 heavy (non-hydrogen) atoms. The average Bonchev–Trinajstić information content (AvgIpc) is 2.36. The van der Waals surface area contributed by atoms with Crippen molar-refractivity contribution in [1.29, 1.82) is 0 Å². The number of aryl methyl sites for hydroxylation is 1. The lowest BCUT2D eigenvalue weighted by atomic mass is 10.0. The highest BCUT2D eigenvalue weighted by atomic mass is 16.5. The molecular weight excluding hydrogens is 242 g/mol. The molecule has 0 aliphatic rings. The van der Waals surface area contributed by atoms with Gasteiger partial charge in [0.2, 0.25) is 0 Å². The number of amides is 1. The minimum Gasteiger partial charge on any atom is -0.483 e. The highest BCUT2D eigenvalue weighted by Gasteiger charge is 2.18. The van der Waals surface area contributed by atoms with Gasteiger partial charge in [-0.1, -0.05) is 18.6 Å². The lowest BCUT2D eigenvalue weighted by molar-refractivity contribution is -0.124. The van der Waals surface area contributed by atoms with Gasteiger partial charge in [0.25, 0.3) is 5.91 Å². The molecule has 1 N–H and O–H groups in total. The lowest BCUT2D eigenvalue weighted by Gasteiger charge is -2.24. The van der Waals surface area contributed by atoms with Gasteiger partial charge in [-0.3, -0.25) is 9.59 Å². The van der Waals surface area contributed by atoms with Gasteiger partial charge >= 0.3 is 0 Å². The van der Waals surface area contributed by atoms with Gasteiger partial charge in [-0.05, 0) is 39.3 Å². The quantitative estimate of drug-likeness (QED) is 0.802. The van der Waals surface area contributed by atoms with Crippen LogP contribution in [0.3, 0.4) is 0 Å². The first kappa shape index (κ1) is 15.2. The molecule has 0 fully saturated rings. The highest BCUT2D eigenvalue weighted by Crippen LogP contribution is 2.18. The number of carbonyl (C=O) groups is 2. The van der Waals surface area contributed by atoms with Crippen LogP contribution in [0.15, 0.2) is 18.2 Å². The number of hydrogen-bond donors (Lipinski definition) is 1. The van der Waals surface area contributed by atoms with Crippen molar-refractivity contribution in [1.82, 2.24) is 5.32 Å². The van der Waals surface area contributed by atoms with Crippen LogP contribution in [0.4, 0.5) is 0 Å². The summed E-state index contributed by atoms with van der Waals surface area (Å²) >= 11 is 0. The maximum Gasteiger partial charge on any atom is 0.258 e. The number of nitrogens with one attached hydrogen (secondary N) is 1. The second kappa shape index (κ2) is 6.36. The van der Waals surface area contributed by atoms with E-state index in [2.05, 4.69) is 5.32 Å². The van der Waals surface area contributed by atoms with Crippen LogP contribution in [-0.4, -0.2) is 24.3 Å². The Morgan fingerprint density at radius 1 is 1.42 bits per heavy atom. The third-order valence-corrected chi connectivity index (χ3v) is 3.01. The number of rotatable bonds is 6. The maximum absolute atomic E-state index is 11.7. The van der Waals surface area contributed by atoms with Crippen LogP contribution in [0.25, 0.3) is 0 Å². The molecule has 0 atom stereocenters. The highest BCUT2D eigenvalue weighted by molar-refractivity contribution is 5.81. The minimum atomic E-state index is -0.249. The normalized spacial score (nSPS) is 10.9. The molecule has 0 bridgehead atoms. The van der Waals surface area contributed by atoms with E-state index in [1.165, 1.54) is 0 Å². The van der Waals surface area contributed by atoms with Crippen molar-refractivity contribution in [3.63, 3.8) is 0 Å². The van der Waals surface area contributed by atoms with Crippen LogP contribution in [0, 0.1) is 6.92 Å². The molecule has 0 aliphatic carbocycles. The fourth-order valence-electron chi connectivity index (χ4n) is 1.54. The van der Waals surface area contributed by atoms with Crippen molar-refractivity contribution < 1.29 is 14.3 Å². The van der Waals surface area contributed by atoms with Crippen molar-refractivity contribution >= 4 is 12.2 Å². The van der Waals surface area contributed by atoms with E-state index in [-0.39, 0.29) is 18.1 Å². The Bertz CT molecular complexity index is 466. The fourth-order valence-corrected chi connectivity index (χ4v) is 1.54. The molecule has 0 aliphatic heterocycles. The molecule has 0 saturated carbocycles. The number of aldehydes is 1. The molecule has 1 rings (SSSR count). The summed E-state index contributed by atoms with van der Waals surface area (Å²) in [6.07, 6.45) is 1.57. The smallest absolute Gasteiger partial charge is 0.258 e. The fraction of sp³-hybridized carbons (Fsp3) is 0.467. The second-order valence-corrected chi connectivity index (χ2v) is 5.23. The number of benzene rings is 1. The van der Waals surface area contributed by atoms with Crippen molar-refractivity contribution in [3.8, 4) is 5.75 Å². The van der Waals surface area contributed by atoms with E-state index in [1.807, 2.05) is 33.8 Å².